The van der Waals surface area contributed by atoms with Gasteiger partial charge in [0.1, 0.15) is 23.1 Å². The normalized spacial score (nSPS) is 11.2. The van der Waals surface area contributed by atoms with Crippen molar-refractivity contribution in [1.29, 1.82) is 0 Å². The van der Waals surface area contributed by atoms with Gasteiger partial charge in [-0.25, -0.2) is 22.2 Å². The topological polar surface area (TPSA) is 71.1 Å². The van der Waals surface area contributed by atoms with Crippen LogP contribution in [-0.2, 0) is 10.0 Å². The number of hydrogen-bond acceptors (Lipinski definition) is 4. The van der Waals surface area contributed by atoms with Crippen LogP contribution in [-0.4, -0.2) is 19.2 Å². The fraction of sp³-hybridized carbons (Fsp3) is 0.214. The minimum Gasteiger partial charge on any atom is -0.335 e. The molecule has 0 fully saturated rings. The summed E-state index contributed by atoms with van der Waals surface area (Å²) in [4.78, 5) is 3.93. The lowest BCUT2D eigenvalue weighted by Gasteiger charge is -2.10. The summed E-state index contributed by atoms with van der Waals surface area (Å²) in [5, 5.41) is 2.52. The molecule has 0 atom stereocenters. The minimum absolute atomic E-state index is 0.00738. The number of pyridine rings is 1. The lowest BCUT2D eigenvalue weighted by molar-refractivity contribution is 0.590. The maximum Gasteiger partial charge on any atom is 0.232 e. The molecule has 0 saturated heterocycles. The number of para-hydroxylation sites is 1. The summed E-state index contributed by atoms with van der Waals surface area (Å²) >= 11 is 0. The molecule has 0 radical (unpaired) electrons. The largest absolute Gasteiger partial charge is 0.335 e. The first-order valence-corrected chi connectivity index (χ1v) is 8.24. The average molecular weight is 327 g/mol. The monoisotopic (exact) mass is 327 g/mol. The molecule has 0 aliphatic heterocycles. The van der Waals surface area contributed by atoms with Crippen molar-refractivity contribution in [2.75, 3.05) is 15.8 Å². The van der Waals surface area contributed by atoms with Crippen LogP contribution in [0.2, 0.25) is 0 Å². The van der Waals surface area contributed by atoms with Crippen LogP contribution in [0.4, 0.5) is 26.0 Å². The Hall–Kier alpha value is -2.22. The number of aromatic nitrogens is 1. The van der Waals surface area contributed by atoms with E-state index in [1.165, 1.54) is 24.4 Å². The van der Waals surface area contributed by atoms with Crippen molar-refractivity contribution >= 4 is 27.2 Å². The molecule has 0 unspecified atom stereocenters. The van der Waals surface area contributed by atoms with Crippen molar-refractivity contribution in [3.63, 3.8) is 0 Å². The molecule has 118 valence electrons. The molecular formula is C14H15F2N3O2S. The molecule has 8 heteroatoms. The zero-order chi connectivity index (χ0) is 16.2. The molecule has 0 saturated carbocycles. The Morgan fingerprint density at radius 1 is 1.14 bits per heavy atom. The zero-order valence-electron chi connectivity index (χ0n) is 11.8. The van der Waals surface area contributed by atoms with E-state index in [1.807, 2.05) is 0 Å². The summed E-state index contributed by atoms with van der Waals surface area (Å²) in [6, 6.07) is 6.39. The van der Waals surface area contributed by atoms with Crippen molar-refractivity contribution in [1.82, 2.24) is 4.98 Å². The molecule has 1 heterocycles. The maximum atomic E-state index is 13.5. The molecule has 0 aliphatic rings. The molecule has 2 aromatic rings. The molecule has 2 N–H and O–H groups in total. The second-order valence-corrected chi connectivity index (χ2v) is 6.42. The van der Waals surface area contributed by atoms with Crippen molar-refractivity contribution in [2.45, 2.75) is 13.3 Å². The lowest BCUT2D eigenvalue weighted by atomic mass is 10.3. The maximum absolute atomic E-state index is 13.5. The van der Waals surface area contributed by atoms with Gasteiger partial charge in [-0.3, -0.25) is 4.72 Å². The van der Waals surface area contributed by atoms with Gasteiger partial charge in [0.2, 0.25) is 10.0 Å². The highest BCUT2D eigenvalue weighted by Crippen LogP contribution is 2.22. The third-order valence-corrected chi connectivity index (χ3v) is 4.22. The molecule has 22 heavy (non-hydrogen) atoms. The molecular weight excluding hydrogens is 312 g/mol. The Kier molecular flexibility index (Phi) is 4.92. The third kappa shape index (κ3) is 4.14. The van der Waals surface area contributed by atoms with E-state index in [0.29, 0.717) is 6.42 Å². The first-order chi connectivity index (χ1) is 10.4. The van der Waals surface area contributed by atoms with Gasteiger partial charge < -0.3 is 5.32 Å². The summed E-state index contributed by atoms with van der Waals surface area (Å²) in [5.74, 6) is -1.28. The zero-order valence-corrected chi connectivity index (χ0v) is 12.6. The van der Waals surface area contributed by atoms with Gasteiger partial charge in [-0.1, -0.05) is 13.0 Å². The third-order valence-electron chi connectivity index (χ3n) is 2.73. The van der Waals surface area contributed by atoms with Gasteiger partial charge in [0.15, 0.2) is 0 Å². The van der Waals surface area contributed by atoms with Gasteiger partial charge in [-0.2, -0.15) is 0 Å². The van der Waals surface area contributed by atoms with E-state index >= 15 is 0 Å². The van der Waals surface area contributed by atoms with Gasteiger partial charge in [-0.15, -0.1) is 0 Å². The van der Waals surface area contributed by atoms with Crippen molar-refractivity contribution in [3.8, 4) is 0 Å². The number of rotatable bonds is 6. The Labute approximate surface area is 127 Å². The highest BCUT2D eigenvalue weighted by molar-refractivity contribution is 7.92. The SMILES string of the molecule is CCCS(=O)(=O)Nc1ccc(Nc2c(F)cccc2F)nc1. The summed E-state index contributed by atoms with van der Waals surface area (Å²) < 4.78 is 52.6. The molecule has 0 bridgehead atoms. The fourth-order valence-electron chi connectivity index (χ4n) is 1.77. The van der Waals surface area contributed by atoms with Crippen LogP contribution in [0.5, 0.6) is 0 Å². The average Bonchev–Trinajstić information content (AvgIpc) is 2.44. The molecule has 2 rings (SSSR count). The van der Waals surface area contributed by atoms with Crippen LogP contribution < -0.4 is 10.0 Å². The number of halogens is 2. The van der Waals surface area contributed by atoms with Gasteiger partial charge in [-0.05, 0) is 30.7 Å². The Morgan fingerprint density at radius 2 is 1.82 bits per heavy atom. The highest BCUT2D eigenvalue weighted by atomic mass is 32.2. The predicted molar refractivity (Wildman–Crippen MR) is 81.6 cm³/mol. The second kappa shape index (κ2) is 6.69. The Balaban J connectivity index is 2.13. The van der Waals surface area contributed by atoms with Crippen molar-refractivity contribution < 1.29 is 17.2 Å². The number of anilines is 3. The number of nitrogens with zero attached hydrogens (tertiary/aromatic N) is 1. The summed E-state index contributed by atoms with van der Waals surface area (Å²) in [6.07, 6.45) is 1.77. The van der Waals surface area contributed by atoms with Gasteiger partial charge >= 0.3 is 0 Å². The standard InChI is InChI=1S/C14H15F2N3O2S/c1-2-8-22(20,21)19-10-6-7-13(17-9-10)18-14-11(15)4-3-5-12(14)16/h3-7,9,19H,2,8H2,1H3,(H,17,18). The molecule has 5 nitrogen and oxygen atoms in total. The van der Waals surface area contributed by atoms with Crippen LogP contribution in [0.3, 0.4) is 0 Å². The van der Waals surface area contributed by atoms with E-state index in [1.54, 1.807) is 6.92 Å². The fourth-order valence-corrected chi connectivity index (χ4v) is 2.89. The van der Waals surface area contributed by atoms with Crippen LogP contribution in [0.1, 0.15) is 13.3 Å². The smallest absolute Gasteiger partial charge is 0.232 e. The van der Waals surface area contributed by atoms with Gasteiger partial charge in [0.05, 0.1) is 17.6 Å². The van der Waals surface area contributed by atoms with Crippen molar-refractivity contribution in [3.05, 3.63) is 48.2 Å². The van der Waals surface area contributed by atoms with Crippen LogP contribution >= 0.6 is 0 Å². The number of nitrogens with one attached hydrogen (secondary N) is 2. The first kappa shape index (κ1) is 16.2. The number of sulfonamides is 1. The highest BCUT2D eigenvalue weighted by Gasteiger charge is 2.11. The van der Waals surface area contributed by atoms with E-state index in [0.717, 1.165) is 12.1 Å². The molecule has 1 aromatic heterocycles. The van der Waals surface area contributed by atoms with Crippen LogP contribution in [0.25, 0.3) is 0 Å². The molecule has 0 spiro atoms. The lowest BCUT2D eigenvalue weighted by Crippen LogP contribution is -2.16. The molecule has 0 amide bonds. The number of benzene rings is 1. The van der Waals surface area contributed by atoms with E-state index in [9.17, 15) is 17.2 Å². The van der Waals surface area contributed by atoms with Crippen molar-refractivity contribution in [2.24, 2.45) is 0 Å². The quantitative estimate of drug-likeness (QED) is 0.854. The Morgan fingerprint density at radius 3 is 2.36 bits per heavy atom. The first-order valence-electron chi connectivity index (χ1n) is 6.59. The van der Waals surface area contributed by atoms with Gasteiger partial charge in [0, 0.05) is 0 Å². The number of hydrogen-bond donors (Lipinski definition) is 2. The predicted octanol–water partition coefficient (Wildman–Crippen LogP) is 3.26. The van der Waals surface area contributed by atoms with Crippen LogP contribution in [0.15, 0.2) is 36.5 Å². The van der Waals surface area contributed by atoms with Crippen LogP contribution in [0, 0.1) is 11.6 Å². The molecule has 0 aliphatic carbocycles. The van der Waals surface area contributed by atoms with E-state index < -0.39 is 21.7 Å². The van der Waals surface area contributed by atoms with E-state index in [2.05, 4.69) is 15.0 Å². The van der Waals surface area contributed by atoms with E-state index in [4.69, 9.17) is 0 Å². The Bertz CT molecular complexity index is 729. The second-order valence-electron chi connectivity index (χ2n) is 4.57. The van der Waals surface area contributed by atoms with Gasteiger partial charge in [0.25, 0.3) is 0 Å². The summed E-state index contributed by atoms with van der Waals surface area (Å²) in [5.41, 5.74) is -0.0256. The van der Waals surface area contributed by atoms with E-state index in [-0.39, 0.29) is 22.9 Å². The summed E-state index contributed by atoms with van der Waals surface area (Å²) in [7, 11) is -3.40. The summed E-state index contributed by atoms with van der Waals surface area (Å²) in [6.45, 7) is 1.76. The minimum atomic E-state index is -3.40. The molecule has 1 aromatic carbocycles.